The minimum absolute atomic E-state index is 0.107. The molecule has 0 saturated carbocycles. The topological polar surface area (TPSA) is 40.5 Å². The van der Waals surface area contributed by atoms with E-state index in [9.17, 15) is 10.2 Å². The van der Waals surface area contributed by atoms with E-state index in [0.29, 0.717) is 5.75 Å². The van der Waals surface area contributed by atoms with Crippen LogP contribution in [0.25, 0.3) is 0 Å². The average molecular weight is 228 g/mol. The molecular weight excluding hydrogens is 212 g/mol. The smallest absolute Gasteiger partial charge is 0.119 e. The van der Waals surface area contributed by atoms with Gasteiger partial charge in [-0.1, -0.05) is 36.8 Å². The number of aromatic hydroxyl groups is 2. The van der Waals surface area contributed by atoms with Gasteiger partial charge in [-0.15, -0.1) is 0 Å². The van der Waals surface area contributed by atoms with E-state index >= 15 is 0 Å². The van der Waals surface area contributed by atoms with E-state index in [-0.39, 0.29) is 11.7 Å². The molecule has 0 aromatic heterocycles. The molecule has 0 aliphatic carbocycles. The number of hydrogen-bond donors (Lipinski definition) is 2. The summed E-state index contributed by atoms with van der Waals surface area (Å²) < 4.78 is 0. The highest BCUT2D eigenvalue weighted by atomic mass is 16.3. The first kappa shape index (κ1) is 11.5. The van der Waals surface area contributed by atoms with Crippen LogP contribution in [0.3, 0.4) is 0 Å². The van der Waals surface area contributed by atoms with E-state index in [1.54, 1.807) is 18.2 Å². The van der Waals surface area contributed by atoms with Gasteiger partial charge in [-0.3, -0.25) is 0 Å². The summed E-state index contributed by atoms with van der Waals surface area (Å²) in [4.78, 5) is 0. The molecule has 0 radical (unpaired) electrons. The van der Waals surface area contributed by atoms with Crippen molar-refractivity contribution in [1.29, 1.82) is 0 Å². The first-order valence-corrected chi connectivity index (χ1v) is 5.66. The predicted molar refractivity (Wildman–Crippen MR) is 68.5 cm³/mol. The van der Waals surface area contributed by atoms with Gasteiger partial charge in [0.05, 0.1) is 0 Å². The van der Waals surface area contributed by atoms with E-state index < -0.39 is 0 Å². The van der Waals surface area contributed by atoms with E-state index in [2.05, 4.69) is 0 Å². The van der Waals surface area contributed by atoms with Crippen molar-refractivity contribution in [1.82, 2.24) is 0 Å². The van der Waals surface area contributed by atoms with Gasteiger partial charge in [-0.2, -0.15) is 0 Å². The molecular formula is C15H16O2. The van der Waals surface area contributed by atoms with E-state index in [1.807, 2.05) is 38.1 Å². The predicted octanol–water partition coefficient (Wildman–Crippen LogP) is 3.56. The molecule has 0 heterocycles. The van der Waals surface area contributed by atoms with Crippen LogP contribution in [0.2, 0.25) is 0 Å². The lowest BCUT2D eigenvalue weighted by Crippen LogP contribution is -1.96. The molecule has 0 aliphatic heterocycles. The number of benzene rings is 2. The molecule has 0 bridgehead atoms. The summed E-state index contributed by atoms with van der Waals surface area (Å²) in [6, 6.07) is 12.7. The second kappa shape index (κ2) is 4.50. The Morgan fingerprint density at radius 2 is 1.59 bits per heavy atom. The van der Waals surface area contributed by atoms with Crippen LogP contribution in [-0.2, 0) is 0 Å². The van der Waals surface area contributed by atoms with E-state index in [4.69, 9.17) is 0 Å². The van der Waals surface area contributed by atoms with Gasteiger partial charge in [0.2, 0.25) is 0 Å². The van der Waals surface area contributed by atoms with Crippen LogP contribution >= 0.6 is 0 Å². The van der Waals surface area contributed by atoms with Crippen molar-refractivity contribution < 1.29 is 10.2 Å². The molecule has 2 heteroatoms. The number of aryl methyl sites for hydroxylation is 1. The summed E-state index contributed by atoms with van der Waals surface area (Å²) in [6.07, 6.45) is 0. The number of rotatable bonds is 2. The van der Waals surface area contributed by atoms with Crippen molar-refractivity contribution in [3.8, 4) is 11.5 Å². The minimum Gasteiger partial charge on any atom is -0.508 e. The van der Waals surface area contributed by atoms with Crippen LogP contribution in [0.15, 0.2) is 42.5 Å². The fraction of sp³-hybridized carbons (Fsp3) is 0.200. The third-order valence-corrected chi connectivity index (χ3v) is 3.04. The van der Waals surface area contributed by atoms with Crippen molar-refractivity contribution in [2.24, 2.45) is 0 Å². The maximum Gasteiger partial charge on any atom is 0.119 e. The molecule has 2 nitrogen and oxygen atoms in total. The van der Waals surface area contributed by atoms with Gasteiger partial charge in [0.1, 0.15) is 11.5 Å². The Bertz CT molecular complexity index is 515. The SMILES string of the molecule is Cc1ccc(O)c(C(C)c2ccc(O)cc2)c1. The van der Waals surface area contributed by atoms with Gasteiger partial charge < -0.3 is 10.2 Å². The molecule has 2 N–H and O–H groups in total. The summed E-state index contributed by atoms with van der Waals surface area (Å²) in [7, 11) is 0. The normalized spacial score (nSPS) is 12.4. The summed E-state index contributed by atoms with van der Waals surface area (Å²) in [5.41, 5.74) is 3.11. The zero-order valence-electron chi connectivity index (χ0n) is 10.0. The van der Waals surface area contributed by atoms with Crippen molar-refractivity contribution in [3.63, 3.8) is 0 Å². The Morgan fingerprint density at radius 1 is 0.941 bits per heavy atom. The Kier molecular flexibility index (Phi) is 3.05. The highest BCUT2D eigenvalue weighted by Gasteiger charge is 2.12. The molecule has 2 rings (SSSR count). The number of phenols is 2. The average Bonchev–Trinajstić information content (AvgIpc) is 2.32. The highest BCUT2D eigenvalue weighted by molar-refractivity contribution is 5.43. The zero-order chi connectivity index (χ0) is 12.4. The largest absolute Gasteiger partial charge is 0.508 e. The van der Waals surface area contributed by atoms with Gasteiger partial charge in [0.25, 0.3) is 0 Å². The number of hydrogen-bond acceptors (Lipinski definition) is 2. The molecule has 0 fully saturated rings. The summed E-state index contributed by atoms with van der Waals surface area (Å²) >= 11 is 0. The molecule has 17 heavy (non-hydrogen) atoms. The quantitative estimate of drug-likeness (QED) is 0.825. The Balaban J connectivity index is 2.39. The monoisotopic (exact) mass is 228 g/mol. The Morgan fingerprint density at radius 3 is 2.24 bits per heavy atom. The zero-order valence-corrected chi connectivity index (χ0v) is 10.0. The lowest BCUT2D eigenvalue weighted by atomic mass is 9.91. The Labute approximate surface area is 101 Å². The van der Waals surface area contributed by atoms with E-state index in [1.165, 1.54) is 0 Å². The van der Waals surface area contributed by atoms with Crippen molar-refractivity contribution in [3.05, 3.63) is 59.2 Å². The van der Waals surface area contributed by atoms with Crippen molar-refractivity contribution in [2.45, 2.75) is 19.8 Å². The Hall–Kier alpha value is -1.96. The molecule has 88 valence electrons. The van der Waals surface area contributed by atoms with Gasteiger partial charge in [0.15, 0.2) is 0 Å². The van der Waals surface area contributed by atoms with Crippen LogP contribution < -0.4 is 0 Å². The first-order chi connectivity index (χ1) is 8.08. The molecule has 1 unspecified atom stereocenters. The summed E-state index contributed by atoms with van der Waals surface area (Å²) in [6.45, 7) is 4.05. The van der Waals surface area contributed by atoms with Crippen LogP contribution in [0.4, 0.5) is 0 Å². The van der Waals surface area contributed by atoms with Gasteiger partial charge in [-0.05, 0) is 30.7 Å². The summed E-state index contributed by atoms with van der Waals surface area (Å²) in [5, 5.41) is 19.1. The second-order valence-electron chi connectivity index (χ2n) is 4.38. The lowest BCUT2D eigenvalue weighted by Gasteiger charge is -2.14. The van der Waals surface area contributed by atoms with Crippen LogP contribution in [0.1, 0.15) is 29.5 Å². The molecule has 0 aliphatic rings. The molecule has 2 aromatic rings. The molecule has 0 amide bonds. The van der Waals surface area contributed by atoms with Crippen molar-refractivity contribution >= 4 is 0 Å². The van der Waals surface area contributed by atoms with Crippen LogP contribution in [0, 0.1) is 6.92 Å². The third kappa shape index (κ3) is 2.41. The second-order valence-corrected chi connectivity index (χ2v) is 4.38. The molecule has 0 saturated heterocycles. The summed E-state index contributed by atoms with van der Waals surface area (Å²) in [5.74, 6) is 0.682. The van der Waals surface area contributed by atoms with Gasteiger partial charge in [0, 0.05) is 11.5 Å². The minimum atomic E-state index is 0.107. The first-order valence-electron chi connectivity index (χ1n) is 5.66. The maximum absolute atomic E-state index is 9.87. The van der Waals surface area contributed by atoms with Crippen LogP contribution in [0.5, 0.6) is 11.5 Å². The fourth-order valence-corrected chi connectivity index (χ4v) is 1.96. The van der Waals surface area contributed by atoms with Gasteiger partial charge in [-0.25, -0.2) is 0 Å². The lowest BCUT2D eigenvalue weighted by molar-refractivity contribution is 0.465. The molecule has 0 spiro atoms. The van der Waals surface area contributed by atoms with Gasteiger partial charge >= 0.3 is 0 Å². The van der Waals surface area contributed by atoms with Crippen molar-refractivity contribution in [2.75, 3.05) is 0 Å². The maximum atomic E-state index is 9.87. The highest BCUT2D eigenvalue weighted by Crippen LogP contribution is 2.32. The van der Waals surface area contributed by atoms with E-state index in [0.717, 1.165) is 16.7 Å². The molecule has 1 atom stereocenters. The molecule has 2 aromatic carbocycles. The number of phenolic OH excluding ortho intramolecular Hbond substituents is 2. The third-order valence-electron chi connectivity index (χ3n) is 3.04. The fourth-order valence-electron chi connectivity index (χ4n) is 1.96. The van der Waals surface area contributed by atoms with Crippen LogP contribution in [-0.4, -0.2) is 10.2 Å². The standard InChI is InChI=1S/C15H16O2/c1-10-3-8-15(17)14(9-10)11(2)12-4-6-13(16)7-5-12/h3-9,11,16-17H,1-2H3.